The predicted octanol–water partition coefficient (Wildman–Crippen LogP) is -0.458. The van der Waals surface area contributed by atoms with Gasteiger partial charge < -0.3 is 14.4 Å². The average molecular weight is 322 g/mol. The van der Waals surface area contributed by atoms with Crippen molar-refractivity contribution in [2.45, 2.75) is 13.0 Å². The summed E-state index contributed by atoms with van der Waals surface area (Å²) in [6.45, 7) is 1.57. The Hall–Kier alpha value is 1.15. The minimum Gasteiger partial charge on any atom is -0.520 e. The summed E-state index contributed by atoms with van der Waals surface area (Å²) in [5.41, 5.74) is 0. The molecule has 0 aromatic carbocycles. The summed E-state index contributed by atoms with van der Waals surface area (Å²) in [5.74, 6) is -0.439. The van der Waals surface area contributed by atoms with E-state index in [1.807, 2.05) is 0 Å². The molecule has 0 rings (SSSR count). The smallest absolute Gasteiger partial charge is 0.325 e. The molecule has 0 saturated carbocycles. The van der Waals surface area contributed by atoms with Gasteiger partial charge in [-0.3, -0.25) is 0 Å². The molecule has 12 heavy (non-hydrogen) atoms. The van der Waals surface area contributed by atoms with E-state index < -0.39 is 12.0 Å². The number of rotatable bonds is 3. The number of nitrogens with zero attached hydrogens (tertiary/aromatic N) is 1. The largest absolute Gasteiger partial charge is 0.520 e. The van der Waals surface area contributed by atoms with Crippen molar-refractivity contribution in [3.8, 4) is 0 Å². The fourth-order valence-corrected chi connectivity index (χ4v) is 0.408. The van der Waals surface area contributed by atoms with E-state index in [1.165, 1.54) is 14.2 Å². The molecular formula is C6H10NO3Y2-. The Kier molecular flexibility index (Phi) is 16.1. The second-order valence-electron chi connectivity index (χ2n) is 1.90. The molecule has 0 aliphatic rings. The zero-order valence-corrected chi connectivity index (χ0v) is 13.1. The molecule has 0 aliphatic carbocycles. The van der Waals surface area contributed by atoms with Crippen LogP contribution in [0.2, 0.25) is 0 Å². The van der Waals surface area contributed by atoms with Crippen LogP contribution >= 0.6 is 0 Å². The van der Waals surface area contributed by atoms with Crippen LogP contribution in [0.3, 0.4) is 0 Å². The minimum absolute atomic E-state index is 0. The summed E-state index contributed by atoms with van der Waals surface area (Å²) < 4.78 is 4.38. The number of amides is 1. The molecule has 2 radical (unpaired) electrons. The van der Waals surface area contributed by atoms with Gasteiger partial charge in [-0.05, 0) is 14.0 Å². The standard InChI is InChI=1S/C6H10NO3.2Y/c1-5(6(9)10-3)7(2)4-8;;/h5H,1-3H3;;/q-1;;/t5-;;/m1../s1. The molecule has 0 unspecified atom stereocenters. The van der Waals surface area contributed by atoms with Crippen molar-refractivity contribution >= 4 is 12.4 Å². The van der Waals surface area contributed by atoms with Gasteiger partial charge in [0.2, 0.25) is 0 Å². The van der Waals surface area contributed by atoms with Crippen LogP contribution in [0, 0.1) is 0 Å². The molecule has 0 aliphatic heterocycles. The Balaban J connectivity index is -0.000000405. The number of carbonyl (C=O) groups excluding carboxylic acids is 2. The summed E-state index contributed by atoms with van der Waals surface area (Å²) in [6.07, 6.45) is 1.56. The van der Waals surface area contributed by atoms with Crippen molar-refractivity contribution < 1.29 is 79.7 Å². The molecule has 0 fully saturated rings. The third-order valence-electron chi connectivity index (χ3n) is 1.27. The first-order valence-electron chi connectivity index (χ1n) is 2.82. The number of methoxy groups -OCH3 is 1. The molecule has 0 heterocycles. The average Bonchev–Trinajstić information content (AvgIpc) is 2.00. The van der Waals surface area contributed by atoms with E-state index in [0.29, 0.717) is 0 Å². The molecule has 0 aromatic heterocycles. The molecule has 0 N–H and O–H groups in total. The molecule has 0 saturated heterocycles. The Morgan fingerprint density at radius 3 is 2.17 bits per heavy atom. The normalized spacial score (nSPS) is 9.92. The van der Waals surface area contributed by atoms with Gasteiger partial charge in [-0.1, -0.05) is 0 Å². The molecule has 6 heteroatoms. The van der Waals surface area contributed by atoms with E-state index in [2.05, 4.69) is 4.74 Å². The zero-order chi connectivity index (χ0) is 8.15. The van der Waals surface area contributed by atoms with E-state index in [1.54, 1.807) is 13.3 Å². The molecule has 4 nitrogen and oxygen atoms in total. The predicted molar refractivity (Wildman–Crippen MR) is 34.9 cm³/mol. The summed E-state index contributed by atoms with van der Waals surface area (Å²) in [6, 6.07) is -0.553. The van der Waals surface area contributed by atoms with E-state index in [9.17, 15) is 9.59 Å². The maximum Gasteiger partial charge on any atom is 0.325 e. The first-order chi connectivity index (χ1) is 4.63. The van der Waals surface area contributed by atoms with Crippen LogP contribution in [0.25, 0.3) is 0 Å². The Morgan fingerprint density at radius 2 is 1.92 bits per heavy atom. The van der Waals surface area contributed by atoms with Gasteiger partial charge in [-0.25, -0.2) is 4.79 Å². The van der Waals surface area contributed by atoms with E-state index >= 15 is 0 Å². The van der Waals surface area contributed by atoms with Crippen LogP contribution in [0.5, 0.6) is 0 Å². The van der Waals surface area contributed by atoms with Gasteiger partial charge in [0.1, 0.15) is 0 Å². The zero-order valence-electron chi connectivity index (χ0n) is 7.40. The fourth-order valence-electron chi connectivity index (χ4n) is 0.408. The van der Waals surface area contributed by atoms with Gasteiger partial charge in [0.25, 0.3) is 0 Å². The van der Waals surface area contributed by atoms with Crippen LogP contribution in [0.4, 0.5) is 0 Å². The van der Waals surface area contributed by atoms with Crippen molar-refractivity contribution in [3.05, 3.63) is 0 Å². The molecule has 0 bridgehead atoms. The quantitative estimate of drug-likeness (QED) is 0.401. The topological polar surface area (TPSA) is 46.6 Å². The van der Waals surface area contributed by atoms with E-state index in [4.69, 9.17) is 0 Å². The number of carbonyl (C=O) groups is 1. The van der Waals surface area contributed by atoms with E-state index in [0.717, 1.165) is 4.90 Å². The van der Waals surface area contributed by atoms with Crippen LogP contribution in [-0.4, -0.2) is 37.5 Å². The number of hydrogen-bond donors (Lipinski definition) is 0. The number of likely N-dealkylation sites (N-methyl/N-ethyl adjacent to an activating group) is 1. The monoisotopic (exact) mass is 322 g/mol. The van der Waals surface area contributed by atoms with Crippen LogP contribution in [-0.2, 0) is 79.7 Å². The summed E-state index contributed by atoms with van der Waals surface area (Å²) in [5, 5.41) is 0. The molecule has 0 spiro atoms. The third-order valence-corrected chi connectivity index (χ3v) is 1.27. The maximum absolute atomic E-state index is 10.7. The van der Waals surface area contributed by atoms with Crippen molar-refractivity contribution in [3.63, 3.8) is 0 Å². The van der Waals surface area contributed by atoms with Gasteiger partial charge >= 0.3 is 5.97 Å². The second kappa shape index (κ2) is 10.2. The van der Waals surface area contributed by atoms with Crippen molar-refractivity contribution in [1.82, 2.24) is 4.90 Å². The van der Waals surface area contributed by atoms with Crippen molar-refractivity contribution in [2.75, 3.05) is 14.2 Å². The number of hydrogen-bond acceptors (Lipinski definition) is 3. The fraction of sp³-hybridized carbons (Fsp3) is 0.667. The number of ether oxygens (including phenoxy) is 1. The molecule has 0 aromatic rings. The minimum atomic E-state index is -0.553. The van der Waals surface area contributed by atoms with Gasteiger partial charge in [0.05, 0.1) is 13.2 Å². The molecular weight excluding hydrogens is 312 g/mol. The van der Waals surface area contributed by atoms with Crippen LogP contribution in [0.15, 0.2) is 0 Å². The molecule has 1 amide bonds. The van der Waals surface area contributed by atoms with Gasteiger partial charge in [-0.15, -0.1) is 0 Å². The SMILES string of the molecule is COC(=O)[C@@H](C)N(C)[C-]=O.[Y].[Y]. The van der Waals surface area contributed by atoms with Gasteiger partial charge in [0, 0.05) is 65.4 Å². The molecule has 1 atom stereocenters. The van der Waals surface area contributed by atoms with Gasteiger partial charge in [0.15, 0.2) is 0 Å². The van der Waals surface area contributed by atoms with E-state index in [-0.39, 0.29) is 65.4 Å². The third kappa shape index (κ3) is 6.64. The first kappa shape index (κ1) is 18.8. The van der Waals surface area contributed by atoms with Crippen LogP contribution in [0.1, 0.15) is 6.92 Å². The maximum atomic E-state index is 10.7. The Labute approximate surface area is 123 Å². The second-order valence-corrected chi connectivity index (χ2v) is 1.90. The van der Waals surface area contributed by atoms with Crippen molar-refractivity contribution in [2.24, 2.45) is 0 Å². The van der Waals surface area contributed by atoms with Gasteiger partial charge in [-0.2, -0.15) is 6.41 Å². The Morgan fingerprint density at radius 1 is 1.50 bits per heavy atom. The van der Waals surface area contributed by atoms with Crippen molar-refractivity contribution in [1.29, 1.82) is 0 Å². The summed E-state index contributed by atoms with van der Waals surface area (Å²) >= 11 is 0. The molecule has 64 valence electrons. The summed E-state index contributed by atoms with van der Waals surface area (Å²) in [7, 11) is 2.74. The van der Waals surface area contributed by atoms with Crippen LogP contribution < -0.4 is 0 Å². The Bertz CT molecular complexity index is 143. The first-order valence-corrected chi connectivity index (χ1v) is 2.82. The number of esters is 1. The summed E-state index contributed by atoms with van der Waals surface area (Å²) in [4.78, 5) is 21.7.